The summed E-state index contributed by atoms with van der Waals surface area (Å²) in [5.41, 5.74) is 0.586. The Balaban J connectivity index is 2.03. The van der Waals surface area contributed by atoms with Crippen LogP contribution in [0.5, 0.6) is 11.5 Å². The Hall–Kier alpha value is -3.09. The van der Waals surface area contributed by atoms with Gasteiger partial charge in [-0.3, -0.25) is 9.59 Å². The van der Waals surface area contributed by atoms with Crippen molar-refractivity contribution >= 4 is 11.9 Å². The van der Waals surface area contributed by atoms with Crippen LogP contribution in [-0.2, 0) is 14.3 Å². The van der Waals surface area contributed by atoms with Crippen molar-refractivity contribution in [2.75, 3.05) is 20.8 Å². The lowest BCUT2D eigenvalue weighted by molar-refractivity contribution is -0.141. The monoisotopic (exact) mass is 361 g/mol. The zero-order valence-electron chi connectivity index (χ0n) is 14.5. The summed E-state index contributed by atoms with van der Waals surface area (Å²) in [5, 5.41) is 2.70. The molecule has 2 rings (SSSR count). The third-order valence-electron chi connectivity index (χ3n) is 3.63. The molecule has 0 unspecified atom stereocenters. The molecule has 0 spiro atoms. The minimum absolute atomic E-state index is 0.0808. The summed E-state index contributed by atoms with van der Waals surface area (Å²) in [6.45, 7) is -0.265. The van der Waals surface area contributed by atoms with Gasteiger partial charge >= 0.3 is 5.97 Å². The summed E-state index contributed by atoms with van der Waals surface area (Å²) < 4.78 is 28.4. The van der Waals surface area contributed by atoms with Crippen molar-refractivity contribution in [2.45, 2.75) is 12.5 Å². The molecule has 138 valence electrons. The van der Waals surface area contributed by atoms with E-state index in [1.807, 2.05) is 0 Å². The first kappa shape index (κ1) is 19.2. The Labute approximate surface area is 150 Å². The number of esters is 1. The lowest BCUT2D eigenvalue weighted by Crippen LogP contribution is -2.34. The van der Waals surface area contributed by atoms with Crippen LogP contribution >= 0.6 is 0 Å². The smallest absolute Gasteiger partial charge is 0.307 e. The van der Waals surface area contributed by atoms with Crippen molar-refractivity contribution in [3.05, 3.63) is 59.9 Å². The van der Waals surface area contributed by atoms with Gasteiger partial charge in [0.1, 0.15) is 5.82 Å². The standard InChI is InChI=1S/C19H20FNO5/c1-24-16-5-3-4-6-17(16)26-12-18(22)21-15(11-19(23)25-2)13-7-9-14(20)10-8-13/h3-10,15H,11-12H2,1-2H3,(H,21,22)/t15-/m0/s1. The quantitative estimate of drug-likeness (QED) is 0.732. The van der Waals surface area contributed by atoms with E-state index < -0.39 is 23.7 Å². The van der Waals surface area contributed by atoms with Crippen LogP contribution in [0.4, 0.5) is 4.39 Å². The zero-order chi connectivity index (χ0) is 18.9. The number of ether oxygens (including phenoxy) is 3. The number of rotatable bonds is 8. The van der Waals surface area contributed by atoms with Gasteiger partial charge < -0.3 is 19.5 Å². The first-order valence-corrected chi connectivity index (χ1v) is 7.91. The fourth-order valence-electron chi connectivity index (χ4n) is 2.31. The van der Waals surface area contributed by atoms with Gasteiger partial charge in [0.25, 0.3) is 5.91 Å². The summed E-state index contributed by atoms with van der Waals surface area (Å²) in [6, 6.07) is 11.8. The van der Waals surface area contributed by atoms with Crippen LogP contribution in [0.3, 0.4) is 0 Å². The van der Waals surface area contributed by atoms with Crippen LogP contribution < -0.4 is 14.8 Å². The van der Waals surface area contributed by atoms with E-state index in [2.05, 4.69) is 10.1 Å². The first-order valence-electron chi connectivity index (χ1n) is 7.91. The number of hydrogen-bond donors (Lipinski definition) is 1. The van der Waals surface area contributed by atoms with Crippen LogP contribution in [0.2, 0.25) is 0 Å². The molecule has 6 nitrogen and oxygen atoms in total. The van der Waals surface area contributed by atoms with E-state index in [1.165, 1.54) is 38.5 Å². The second-order valence-electron chi connectivity index (χ2n) is 5.39. The molecule has 7 heteroatoms. The van der Waals surface area contributed by atoms with Gasteiger partial charge in [-0.05, 0) is 29.8 Å². The molecule has 2 aromatic rings. The number of carbonyl (C=O) groups is 2. The summed E-state index contributed by atoms with van der Waals surface area (Å²) >= 11 is 0. The van der Waals surface area contributed by atoms with E-state index in [-0.39, 0.29) is 13.0 Å². The molecule has 1 N–H and O–H groups in total. The van der Waals surface area contributed by atoms with Gasteiger partial charge in [-0.15, -0.1) is 0 Å². The third-order valence-corrected chi connectivity index (χ3v) is 3.63. The molecule has 0 bridgehead atoms. The van der Waals surface area contributed by atoms with Gasteiger partial charge in [0.2, 0.25) is 0 Å². The molecule has 0 aliphatic rings. The summed E-state index contributed by atoms with van der Waals surface area (Å²) in [6.07, 6.45) is -0.0808. The second-order valence-corrected chi connectivity index (χ2v) is 5.39. The number of hydrogen-bond acceptors (Lipinski definition) is 5. The molecule has 0 aliphatic carbocycles. The van der Waals surface area contributed by atoms with E-state index in [4.69, 9.17) is 9.47 Å². The van der Waals surface area contributed by atoms with Gasteiger partial charge in [-0.2, -0.15) is 0 Å². The molecule has 26 heavy (non-hydrogen) atoms. The molecule has 0 fully saturated rings. The molecule has 0 saturated carbocycles. The van der Waals surface area contributed by atoms with E-state index >= 15 is 0 Å². The van der Waals surface area contributed by atoms with Crippen LogP contribution in [0.25, 0.3) is 0 Å². The maximum Gasteiger partial charge on any atom is 0.307 e. The fourth-order valence-corrected chi connectivity index (χ4v) is 2.31. The summed E-state index contributed by atoms with van der Waals surface area (Å²) in [5.74, 6) is -0.405. The number of methoxy groups -OCH3 is 2. The van der Waals surface area contributed by atoms with E-state index in [0.717, 1.165) is 0 Å². The van der Waals surface area contributed by atoms with Gasteiger partial charge in [0.15, 0.2) is 18.1 Å². The molecule has 0 heterocycles. The normalized spacial score (nSPS) is 11.3. The Kier molecular flexibility index (Phi) is 6.96. The Morgan fingerprint density at radius 2 is 1.69 bits per heavy atom. The highest BCUT2D eigenvalue weighted by Crippen LogP contribution is 2.25. The molecule has 1 amide bonds. The average molecular weight is 361 g/mol. The Bertz CT molecular complexity index is 748. The molecular weight excluding hydrogens is 341 g/mol. The predicted molar refractivity (Wildman–Crippen MR) is 92.4 cm³/mol. The maximum absolute atomic E-state index is 13.1. The maximum atomic E-state index is 13.1. The average Bonchev–Trinajstić information content (AvgIpc) is 2.66. The lowest BCUT2D eigenvalue weighted by Gasteiger charge is -2.18. The minimum Gasteiger partial charge on any atom is -0.493 e. The Morgan fingerprint density at radius 3 is 2.31 bits per heavy atom. The summed E-state index contributed by atoms with van der Waals surface area (Å²) in [7, 11) is 2.76. The lowest BCUT2D eigenvalue weighted by atomic mass is 10.0. The number of para-hydroxylation sites is 2. The number of benzene rings is 2. The van der Waals surface area contributed by atoms with Crippen molar-refractivity contribution in [3.8, 4) is 11.5 Å². The SMILES string of the molecule is COC(=O)C[C@H](NC(=O)COc1ccccc1OC)c1ccc(F)cc1. The molecular formula is C19H20FNO5. The van der Waals surface area contributed by atoms with Gasteiger partial charge in [-0.1, -0.05) is 24.3 Å². The molecule has 0 radical (unpaired) electrons. The molecule has 0 aromatic heterocycles. The highest BCUT2D eigenvalue weighted by Gasteiger charge is 2.19. The number of amides is 1. The first-order chi connectivity index (χ1) is 12.5. The van der Waals surface area contributed by atoms with E-state index in [0.29, 0.717) is 17.1 Å². The number of halogens is 1. The van der Waals surface area contributed by atoms with Gasteiger partial charge in [0, 0.05) is 0 Å². The highest BCUT2D eigenvalue weighted by atomic mass is 19.1. The third kappa shape index (κ3) is 5.47. The zero-order valence-corrected chi connectivity index (χ0v) is 14.5. The van der Waals surface area contributed by atoms with Crippen molar-refractivity contribution in [3.63, 3.8) is 0 Å². The predicted octanol–water partition coefficient (Wildman–Crippen LogP) is 2.63. The van der Waals surface area contributed by atoms with Crippen LogP contribution in [0, 0.1) is 5.82 Å². The van der Waals surface area contributed by atoms with Crippen molar-refractivity contribution in [1.29, 1.82) is 0 Å². The molecule has 2 aromatic carbocycles. The Morgan fingerprint density at radius 1 is 1.04 bits per heavy atom. The van der Waals surface area contributed by atoms with E-state index in [9.17, 15) is 14.0 Å². The molecule has 0 saturated heterocycles. The van der Waals surface area contributed by atoms with Crippen LogP contribution in [-0.4, -0.2) is 32.7 Å². The highest BCUT2D eigenvalue weighted by molar-refractivity contribution is 5.79. The van der Waals surface area contributed by atoms with Crippen molar-refractivity contribution in [1.82, 2.24) is 5.32 Å². The summed E-state index contributed by atoms with van der Waals surface area (Å²) in [4.78, 5) is 23.8. The molecule has 1 atom stereocenters. The number of nitrogens with one attached hydrogen (secondary N) is 1. The van der Waals surface area contributed by atoms with Gasteiger partial charge in [-0.25, -0.2) is 4.39 Å². The van der Waals surface area contributed by atoms with Crippen molar-refractivity contribution in [2.24, 2.45) is 0 Å². The van der Waals surface area contributed by atoms with Crippen LogP contribution in [0.1, 0.15) is 18.0 Å². The minimum atomic E-state index is -0.656. The van der Waals surface area contributed by atoms with E-state index in [1.54, 1.807) is 24.3 Å². The van der Waals surface area contributed by atoms with Crippen LogP contribution in [0.15, 0.2) is 48.5 Å². The fraction of sp³-hybridized carbons (Fsp3) is 0.263. The number of carbonyl (C=O) groups excluding carboxylic acids is 2. The van der Waals surface area contributed by atoms with Crippen molar-refractivity contribution < 1.29 is 28.2 Å². The largest absolute Gasteiger partial charge is 0.493 e. The molecule has 0 aliphatic heterocycles. The second kappa shape index (κ2) is 9.41. The topological polar surface area (TPSA) is 73.9 Å². The van der Waals surface area contributed by atoms with Gasteiger partial charge in [0.05, 0.1) is 26.7 Å².